The van der Waals surface area contributed by atoms with Crippen LogP contribution in [0.3, 0.4) is 0 Å². The summed E-state index contributed by atoms with van der Waals surface area (Å²) in [7, 11) is 0. The van der Waals surface area contributed by atoms with Crippen LogP contribution in [0.2, 0.25) is 0 Å². The number of Topliss-reactive ketones (excluding diaryl/α,β-unsaturated/α-hetero) is 2. The van der Waals surface area contributed by atoms with Crippen molar-refractivity contribution in [3.63, 3.8) is 0 Å². The molecule has 2 heteroatoms. The van der Waals surface area contributed by atoms with Crippen molar-refractivity contribution in [2.75, 3.05) is 0 Å². The zero-order valence-electron chi connectivity index (χ0n) is 13.3. The summed E-state index contributed by atoms with van der Waals surface area (Å²) in [5.74, 6) is 4.85. The molecule has 0 heterocycles. The Hall–Kier alpha value is -0.660. The first-order valence-corrected chi connectivity index (χ1v) is 9.20. The van der Waals surface area contributed by atoms with Crippen LogP contribution in [0, 0.1) is 35.0 Å². The summed E-state index contributed by atoms with van der Waals surface area (Å²) in [5.41, 5.74) is 0.0541. The van der Waals surface area contributed by atoms with Gasteiger partial charge in [-0.3, -0.25) is 9.59 Å². The largest absolute Gasteiger partial charge is 0.300 e. The van der Waals surface area contributed by atoms with E-state index >= 15 is 0 Å². The Bertz CT molecular complexity index is 468. The van der Waals surface area contributed by atoms with Gasteiger partial charge in [0.25, 0.3) is 0 Å². The Morgan fingerprint density at radius 2 is 1.81 bits per heavy atom. The van der Waals surface area contributed by atoms with Gasteiger partial charge in [-0.2, -0.15) is 0 Å². The number of ketones is 2. The highest BCUT2D eigenvalue weighted by Gasteiger charge is 2.58. The molecule has 0 radical (unpaired) electrons. The van der Waals surface area contributed by atoms with E-state index in [0.717, 1.165) is 62.7 Å². The highest BCUT2D eigenvalue weighted by Crippen LogP contribution is 2.62. The lowest BCUT2D eigenvalue weighted by Gasteiger charge is -2.54. The molecule has 21 heavy (non-hydrogen) atoms. The van der Waals surface area contributed by atoms with Crippen molar-refractivity contribution in [1.29, 1.82) is 0 Å². The Morgan fingerprint density at radius 3 is 2.62 bits per heavy atom. The van der Waals surface area contributed by atoms with Crippen LogP contribution >= 0.6 is 0 Å². The summed E-state index contributed by atoms with van der Waals surface area (Å²) >= 11 is 0. The number of rotatable bonds is 1. The first kappa shape index (κ1) is 14.0. The third-order valence-electron chi connectivity index (χ3n) is 7.84. The molecule has 0 aromatic rings. The van der Waals surface area contributed by atoms with E-state index in [1.807, 2.05) is 0 Å². The van der Waals surface area contributed by atoms with E-state index in [0.29, 0.717) is 23.4 Å². The van der Waals surface area contributed by atoms with E-state index in [9.17, 15) is 9.59 Å². The van der Waals surface area contributed by atoms with E-state index in [4.69, 9.17) is 0 Å². The van der Waals surface area contributed by atoms with Gasteiger partial charge in [-0.25, -0.2) is 0 Å². The monoisotopic (exact) mass is 288 g/mol. The molecule has 2 nitrogen and oxygen atoms in total. The highest BCUT2D eigenvalue weighted by molar-refractivity contribution is 5.87. The Labute approximate surface area is 128 Å². The molecular weight excluding hydrogens is 260 g/mol. The molecule has 0 bridgehead atoms. The van der Waals surface area contributed by atoms with Gasteiger partial charge in [-0.05, 0) is 74.5 Å². The zero-order valence-corrected chi connectivity index (χ0v) is 13.3. The molecular formula is C19H28O2. The minimum absolute atomic E-state index is 0.0541. The Kier molecular flexibility index (Phi) is 3.28. The highest BCUT2D eigenvalue weighted by atomic mass is 16.1. The van der Waals surface area contributed by atoms with E-state index in [-0.39, 0.29) is 5.41 Å². The van der Waals surface area contributed by atoms with Crippen molar-refractivity contribution in [2.24, 2.45) is 35.0 Å². The molecule has 4 aliphatic rings. The maximum atomic E-state index is 12.5. The molecule has 0 unspecified atom stereocenters. The maximum absolute atomic E-state index is 12.5. The Balaban J connectivity index is 1.60. The molecule has 0 spiro atoms. The van der Waals surface area contributed by atoms with Crippen LogP contribution in [0.4, 0.5) is 0 Å². The van der Waals surface area contributed by atoms with Gasteiger partial charge in [0.05, 0.1) is 0 Å². The minimum Gasteiger partial charge on any atom is -0.300 e. The number of hydrogen-bond acceptors (Lipinski definition) is 2. The van der Waals surface area contributed by atoms with Gasteiger partial charge < -0.3 is 0 Å². The van der Waals surface area contributed by atoms with Gasteiger partial charge in [0.1, 0.15) is 11.6 Å². The van der Waals surface area contributed by atoms with Crippen LogP contribution in [0.15, 0.2) is 0 Å². The third kappa shape index (κ3) is 1.90. The zero-order chi connectivity index (χ0) is 14.6. The second-order valence-corrected chi connectivity index (χ2v) is 8.23. The second-order valence-electron chi connectivity index (χ2n) is 8.23. The quantitative estimate of drug-likeness (QED) is 0.726. The van der Waals surface area contributed by atoms with Crippen LogP contribution < -0.4 is 0 Å². The van der Waals surface area contributed by atoms with E-state index in [1.54, 1.807) is 0 Å². The van der Waals surface area contributed by atoms with Crippen LogP contribution in [0.1, 0.15) is 71.1 Å². The fourth-order valence-corrected chi connectivity index (χ4v) is 6.88. The third-order valence-corrected chi connectivity index (χ3v) is 7.84. The van der Waals surface area contributed by atoms with Crippen LogP contribution in [0.5, 0.6) is 0 Å². The predicted molar refractivity (Wildman–Crippen MR) is 81.7 cm³/mol. The SMILES string of the molecule is CC[C@]12CC[C@H]3[C@@H](CC[C@H]4CC(=O)CC[C@@H]43)[C@@H]1CCC2=O. The fraction of sp³-hybridized carbons (Fsp3) is 0.895. The lowest BCUT2D eigenvalue weighted by Crippen LogP contribution is -2.49. The number of carbonyl (C=O) groups is 2. The topological polar surface area (TPSA) is 34.1 Å². The van der Waals surface area contributed by atoms with E-state index in [1.165, 1.54) is 19.3 Å². The van der Waals surface area contributed by atoms with Gasteiger partial charge in [0.2, 0.25) is 0 Å². The molecule has 116 valence electrons. The van der Waals surface area contributed by atoms with Crippen molar-refractivity contribution in [1.82, 2.24) is 0 Å². The van der Waals surface area contributed by atoms with Gasteiger partial charge >= 0.3 is 0 Å². The molecule has 4 saturated carbocycles. The van der Waals surface area contributed by atoms with Crippen LogP contribution in [0.25, 0.3) is 0 Å². The first-order valence-electron chi connectivity index (χ1n) is 9.20. The van der Waals surface area contributed by atoms with Crippen molar-refractivity contribution >= 4 is 11.6 Å². The summed E-state index contributed by atoms with van der Waals surface area (Å²) in [6.07, 6.45) is 10.8. The molecule has 4 rings (SSSR count). The maximum Gasteiger partial charge on any atom is 0.139 e. The standard InChI is InChI=1S/C19H28O2/c1-2-19-10-9-15-14-6-4-13(20)11-12(14)3-5-16(15)17(19)7-8-18(19)21/h12,14-17H,2-11H2,1H3/t12-,14-,15+,16+,17-,19-/m0/s1. The second kappa shape index (κ2) is 4.93. The molecule has 0 saturated heterocycles. The van der Waals surface area contributed by atoms with Crippen LogP contribution in [-0.2, 0) is 9.59 Å². The number of fused-ring (bicyclic) bond motifs is 5. The van der Waals surface area contributed by atoms with Gasteiger partial charge in [0, 0.05) is 24.7 Å². The summed E-state index contributed by atoms with van der Waals surface area (Å²) in [6, 6.07) is 0. The molecule has 0 amide bonds. The lowest BCUT2D eigenvalue weighted by atomic mass is 9.50. The summed E-state index contributed by atoms with van der Waals surface area (Å²) in [6.45, 7) is 2.24. The van der Waals surface area contributed by atoms with Gasteiger partial charge in [-0.1, -0.05) is 6.92 Å². The Morgan fingerprint density at radius 1 is 0.952 bits per heavy atom. The van der Waals surface area contributed by atoms with Crippen molar-refractivity contribution in [3.8, 4) is 0 Å². The molecule has 0 aromatic heterocycles. The van der Waals surface area contributed by atoms with Gasteiger partial charge in [0.15, 0.2) is 0 Å². The van der Waals surface area contributed by atoms with Gasteiger partial charge in [-0.15, -0.1) is 0 Å². The van der Waals surface area contributed by atoms with Crippen molar-refractivity contribution < 1.29 is 9.59 Å². The normalized spacial score (nSPS) is 49.5. The molecule has 4 fully saturated rings. The fourth-order valence-electron chi connectivity index (χ4n) is 6.88. The predicted octanol–water partition coefficient (Wildman–Crippen LogP) is 4.17. The summed E-state index contributed by atoms with van der Waals surface area (Å²) in [4.78, 5) is 24.3. The number of carbonyl (C=O) groups excluding carboxylic acids is 2. The number of hydrogen-bond donors (Lipinski definition) is 0. The van der Waals surface area contributed by atoms with Crippen LogP contribution in [-0.4, -0.2) is 11.6 Å². The first-order chi connectivity index (χ1) is 10.2. The minimum atomic E-state index is 0.0541. The average Bonchev–Trinajstić information content (AvgIpc) is 2.84. The van der Waals surface area contributed by atoms with Crippen molar-refractivity contribution in [2.45, 2.75) is 71.1 Å². The molecule has 0 aromatic carbocycles. The van der Waals surface area contributed by atoms with E-state index in [2.05, 4.69) is 6.92 Å². The molecule has 0 aliphatic heterocycles. The van der Waals surface area contributed by atoms with E-state index < -0.39 is 0 Å². The molecule has 4 aliphatic carbocycles. The summed E-state index contributed by atoms with van der Waals surface area (Å²) < 4.78 is 0. The molecule has 0 N–H and O–H groups in total. The summed E-state index contributed by atoms with van der Waals surface area (Å²) in [5, 5.41) is 0. The lowest BCUT2D eigenvalue weighted by molar-refractivity contribution is -0.136. The smallest absolute Gasteiger partial charge is 0.139 e. The molecule has 6 atom stereocenters. The van der Waals surface area contributed by atoms with Crippen molar-refractivity contribution in [3.05, 3.63) is 0 Å². The average molecular weight is 288 g/mol.